The van der Waals surface area contributed by atoms with Crippen LogP contribution >= 0.6 is 0 Å². The third kappa shape index (κ3) is 4.26. The van der Waals surface area contributed by atoms with Crippen LogP contribution in [0.1, 0.15) is 58.8 Å². The van der Waals surface area contributed by atoms with Crippen LogP contribution in [0.4, 0.5) is 0 Å². The summed E-state index contributed by atoms with van der Waals surface area (Å²) >= 11 is 0. The molecule has 0 aromatic carbocycles. The lowest BCUT2D eigenvalue weighted by atomic mass is 9.90. The molecule has 0 spiro atoms. The Bertz CT molecular complexity index is 158. The summed E-state index contributed by atoms with van der Waals surface area (Å²) < 4.78 is 2.55. The van der Waals surface area contributed by atoms with Gasteiger partial charge in [0.05, 0.1) is 0 Å². The van der Waals surface area contributed by atoms with Crippen molar-refractivity contribution < 1.29 is 4.58 Å². The fourth-order valence-electron chi connectivity index (χ4n) is 2.42. The van der Waals surface area contributed by atoms with Gasteiger partial charge in [-0.05, 0) is 12.8 Å². The molecule has 0 heterocycles. The van der Waals surface area contributed by atoms with E-state index >= 15 is 0 Å². The summed E-state index contributed by atoms with van der Waals surface area (Å²) in [6.45, 7) is 7.06. The van der Waals surface area contributed by atoms with Crippen LogP contribution in [0, 0.1) is 5.92 Å². The summed E-state index contributed by atoms with van der Waals surface area (Å²) in [4.78, 5) is 0. The predicted molar refractivity (Wildman–Crippen MR) is 63.2 cm³/mol. The van der Waals surface area contributed by atoms with Crippen molar-refractivity contribution in [3.05, 3.63) is 0 Å². The molecular weight excluding hydrogens is 170 g/mol. The maximum absolute atomic E-state index is 2.55. The third-order valence-electron chi connectivity index (χ3n) is 3.09. The van der Waals surface area contributed by atoms with Gasteiger partial charge in [-0.2, -0.15) is 0 Å². The number of hydrogen-bond acceptors (Lipinski definition) is 0. The maximum Gasteiger partial charge on any atom is 0.142 e. The second-order valence-corrected chi connectivity index (χ2v) is 4.58. The van der Waals surface area contributed by atoms with Crippen LogP contribution in [0.5, 0.6) is 0 Å². The monoisotopic (exact) mass is 196 g/mol. The molecule has 0 aromatic rings. The van der Waals surface area contributed by atoms with Gasteiger partial charge in [0, 0.05) is 18.8 Å². The predicted octanol–water partition coefficient (Wildman–Crippen LogP) is 3.47. The summed E-state index contributed by atoms with van der Waals surface area (Å²) in [7, 11) is 0. The molecule has 1 fully saturated rings. The standard InChI is InChI=1S/C13H26N/c1-3-10-14(11-4-2)12-13-8-6-5-7-9-13/h12-13H,3-11H2,1-2H3/q+1. The summed E-state index contributed by atoms with van der Waals surface area (Å²) in [5, 5.41) is 0. The molecule has 1 aliphatic rings. The minimum absolute atomic E-state index is 0.891. The molecule has 1 nitrogen and oxygen atoms in total. The zero-order chi connectivity index (χ0) is 10.2. The largest absolute Gasteiger partial charge is 0.239 e. The Hall–Kier alpha value is -0.330. The average Bonchev–Trinajstić information content (AvgIpc) is 2.20. The molecule has 1 rings (SSSR count). The van der Waals surface area contributed by atoms with Crippen molar-refractivity contribution >= 4 is 6.21 Å². The Kier molecular flexibility index (Phi) is 5.89. The molecule has 0 bridgehead atoms. The maximum atomic E-state index is 2.55. The molecule has 0 aliphatic heterocycles. The molecular formula is C13H26N+. The fourth-order valence-corrected chi connectivity index (χ4v) is 2.42. The molecule has 0 amide bonds. The first-order valence-electron chi connectivity index (χ1n) is 6.45. The van der Waals surface area contributed by atoms with Gasteiger partial charge >= 0.3 is 0 Å². The van der Waals surface area contributed by atoms with Crippen molar-refractivity contribution in [2.24, 2.45) is 5.92 Å². The van der Waals surface area contributed by atoms with Crippen molar-refractivity contribution in [2.45, 2.75) is 58.8 Å². The van der Waals surface area contributed by atoms with Gasteiger partial charge in [0.25, 0.3) is 0 Å². The minimum Gasteiger partial charge on any atom is -0.239 e. The van der Waals surface area contributed by atoms with E-state index < -0.39 is 0 Å². The fraction of sp³-hybridized carbons (Fsp3) is 0.923. The Morgan fingerprint density at radius 2 is 1.57 bits per heavy atom. The van der Waals surface area contributed by atoms with Gasteiger partial charge < -0.3 is 0 Å². The van der Waals surface area contributed by atoms with Crippen LogP contribution in [0.25, 0.3) is 0 Å². The molecule has 1 saturated carbocycles. The highest BCUT2D eigenvalue weighted by molar-refractivity contribution is 5.55. The quantitative estimate of drug-likeness (QED) is 0.468. The topological polar surface area (TPSA) is 3.01 Å². The first kappa shape index (κ1) is 11.7. The van der Waals surface area contributed by atoms with E-state index in [4.69, 9.17) is 0 Å². The van der Waals surface area contributed by atoms with Gasteiger partial charge in [-0.3, -0.25) is 0 Å². The van der Waals surface area contributed by atoms with Crippen molar-refractivity contribution in [3.63, 3.8) is 0 Å². The van der Waals surface area contributed by atoms with Crippen molar-refractivity contribution in [1.29, 1.82) is 0 Å². The van der Waals surface area contributed by atoms with E-state index in [1.165, 1.54) is 58.0 Å². The molecule has 0 saturated heterocycles. The Balaban J connectivity index is 2.41. The summed E-state index contributed by atoms with van der Waals surface area (Å²) in [6.07, 6.45) is 12.3. The second kappa shape index (κ2) is 7.03. The molecule has 82 valence electrons. The van der Waals surface area contributed by atoms with Crippen LogP contribution in [0.15, 0.2) is 0 Å². The molecule has 0 N–H and O–H groups in total. The molecule has 1 aliphatic carbocycles. The lowest BCUT2D eigenvalue weighted by Gasteiger charge is -2.16. The minimum atomic E-state index is 0.891. The van der Waals surface area contributed by atoms with Crippen LogP contribution < -0.4 is 0 Å². The first-order chi connectivity index (χ1) is 6.86. The highest BCUT2D eigenvalue weighted by atomic mass is 15.0. The molecule has 1 heteroatoms. The number of nitrogens with zero attached hydrogens (tertiary/aromatic N) is 1. The van der Waals surface area contributed by atoms with E-state index in [9.17, 15) is 0 Å². The van der Waals surface area contributed by atoms with E-state index in [1.54, 1.807) is 0 Å². The van der Waals surface area contributed by atoms with Gasteiger partial charge in [0.2, 0.25) is 0 Å². The molecule has 0 unspecified atom stereocenters. The molecule has 0 aromatic heterocycles. The van der Waals surface area contributed by atoms with E-state index in [1.807, 2.05) is 0 Å². The first-order valence-corrected chi connectivity index (χ1v) is 6.45. The van der Waals surface area contributed by atoms with Gasteiger partial charge in [-0.15, -0.1) is 0 Å². The zero-order valence-electron chi connectivity index (χ0n) is 9.97. The van der Waals surface area contributed by atoms with Crippen molar-refractivity contribution in [1.82, 2.24) is 0 Å². The summed E-state index contributed by atoms with van der Waals surface area (Å²) in [6, 6.07) is 0. The van der Waals surface area contributed by atoms with Crippen molar-refractivity contribution in [2.75, 3.05) is 13.1 Å². The van der Waals surface area contributed by atoms with Crippen LogP contribution in [-0.4, -0.2) is 23.9 Å². The lowest BCUT2D eigenvalue weighted by molar-refractivity contribution is -0.525. The SMILES string of the molecule is CCC[N+](=CC1CCCCC1)CCC. The highest BCUT2D eigenvalue weighted by Crippen LogP contribution is 2.21. The normalized spacial score (nSPS) is 18.1. The third-order valence-corrected chi connectivity index (χ3v) is 3.09. The Morgan fingerprint density at radius 3 is 2.07 bits per heavy atom. The van der Waals surface area contributed by atoms with Gasteiger partial charge in [0.1, 0.15) is 19.3 Å². The molecule has 14 heavy (non-hydrogen) atoms. The average molecular weight is 196 g/mol. The van der Waals surface area contributed by atoms with E-state index in [-0.39, 0.29) is 0 Å². The lowest BCUT2D eigenvalue weighted by Crippen LogP contribution is -2.21. The smallest absolute Gasteiger partial charge is 0.142 e. The van der Waals surface area contributed by atoms with Gasteiger partial charge in [-0.25, -0.2) is 4.58 Å². The van der Waals surface area contributed by atoms with E-state index in [0.717, 1.165) is 5.92 Å². The van der Waals surface area contributed by atoms with Crippen LogP contribution in [0.2, 0.25) is 0 Å². The summed E-state index contributed by atoms with van der Waals surface area (Å²) in [5.41, 5.74) is 0. The number of rotatable bonds is 5. The van der Waals surface area contributed by atoms with Gasteiger partial charge in [0.15, 0.2) is 0 Å². The van der Waals surface area contributed by atoms with Crippen molar-refractivity contribution in [3.8, 4) is 0 Å². The molecule has 0 radical (unpaired) electrons. The Labute approximate surface area is 89.2 Å². The summed E-state index contributed by atoms with van der Waals surface area (Å²) in [5.74, 6) is 0.891. The number of hydrogen-bond donors (Lipinski definition) is 0. The van der Waals surface area contributed by atoms with Crippen LogP contribution in [-0.2, 0) is 0 Å². The van der Waals surface area contributed by atoms with Crippen LogP contribution in [0.3, 0.4) is 0 Å². The van der Waals surface area contributed by atoms with Gasteiger partial charge in [-0.1, -0.05) is 33.1 Å². The second-order valence-electron chi connectivity index (χ2n) is 4.58. The highest BCUT2D eigenvalue weighted by Gasteiger charge is 2.15. The Morgan fingerprint density at radius 1 is 1.00 bits per heavy atom. The molecule has 0 atom stereocenters. The zero-order valence-corrected chi connectivity index (χ0v) is 9.97. The van der Waals surface area contributed by atoms with E-state index in [0.29, 0.717) is 0 Å². The van der Waals surface area contributed by atoms with E-state index in [2.05, 4.69) is 24.6 Å².